The van der Waals surface area contributed by atoms with Crippen molar-refractivity contribution in [1.82, 2.24) is 4.90 Å². The number of nitrogens with zero attached hydrogens (tertiary/aromatic N) is 1. The summed E-state index contributed by atoms with van der Waals surface area (Å²) in [4.78, 5) is 24.3. The fourth-order valence-corrected chi connectivity index (χ4v) is 1.89. The van der Waals surface area contributed by atoms with E-state index >= 15 is 0 Å². The first-order chi connectivity index (χ1) is 7.64. The molecule has 0 radical (unpaired) electrons. The number of carbonyl (C=O) groups is 2. The average Bonchev–Trinajstić information content (AvgIpc) is 2.15. The minimum absolute atomic E-state index is 0.157. The van der Waals surface area contributed by atoms with Crippen molar-refractivity contribution in [3.8, 4) is 0 Å². The number of piperidine rings is 1. The highest BCUT2D eigenvalue weighted by atomic mass is 16.6. The Kier molecular flexibility index (Phi) is 3.69. The van der Waals surface area contributed by atoms with Crippen LogP contribution in [0.4, 0.5) is 4.79 Å². The molecule has 0 bridgehead atoms. The Balaban J connectivity index is 2.67. The predicted octanol–water partition coefficient (Wildman–Crippen LogP) is 0.773. The lowest BCUT2D eigenvalue weighted by atomic mass is 9.82. The molecule has 98 valence electrons. The van der Waals surface area contributed by atoms with E-state index in [0.29, 0.717) is 19.4 Å². The van der Waals surface area contributed by atoms with Gasteiger partial charge in [-0.3, -0.25) is 0 Å². The summed E-state index contributed by atoms with van der Waals surface area (Å²) in [5, 5.41) is 11.0. The lowest BCUT2D eigenvalue weighted by Crippen LogP contribution is -2.53. The van der Waals surface area contributed by atoms with E-state index in [4.69, 9.17) is 4.74 Å². The van der Waals surface area contributed by atoms with Crippen LogP contribution in [0.15, 0.2) is 0 Å². The molecule has 0 aromatic heterocycles. The molecule has 1 atom stereocenters. The average molecular weight is 242 g/mol. The van der Waals surface area contributed by atoms with Crippen LogP contribution >= 0.6 is 0 Å². The standard InChI is InChI=1S/C12H21NO4/c1-11(2,3)17-10(16)13-7-5-6-12(4,8-13)9(14)15/h5-8H2,1-4H3,(H,14,15)/p-1. The van der Waals surface area contributed by atoms with Gasteiger partial charge in [-0.2, -0.15) is 0 Å². The van der Waals surface area contributed by atoms with Crippen LogP contribution in [0.1, 0.15) is 40.5 Å². The Labute approximate surface area is 102 Å². The van der Waals surface area contributed by atoms with E-state index in [1.165, 1.54) is 4.90 Å². The van der Waals surface area contributed by atoms with Crippen molar-refractivity contribution in [2.45, 2.75) is 46.1 Å². The van der Waals surface area contributed by atoms with E-state index in [-0.39, 0.29) is 6.54 Å². The summed E-state index contributed by atoms with van der Waals surface area (Å²) in [7, 11) is 0. The number of rotatable bonds is 1. The van der Waals surface area contributed by atoms with Gasteiger partial charge in [0, 0.05) is 24.5 Å². The molecule has 5 heteroatoms. The molecule has 1 amide bonds. The fourth-order valence-electron chi connectivity index (χ4n) is 1.89. The third-order valence-electron chi connectivity index (χ3n) is 2.84. The van der Waals surface area contributed by atoms with Gasteiger partial charge in [0.05, 0.1) is 0 Å². The molecule has 0 aromatic rings. The Morgan fingerprint density at radius 2 is 1.94 bits per heavy atom. The van der Waals surface area contributed by atoms with Crippen LogP contribution in [0, 0.1) is 5.41 Å². The number of carbonyl (C=O) groups excluding carboxylic acids is 2. The lowest BCUT2D eigenvalue weighted by Gasteiger charge is -2.41. The molecule has 0 N–H and O–H groups in total. The third-order valence-corrected chi connectivity index (χ3v) is 2.84. The number of hydrogen-bond donors (Lipinski definition) is 0. The molecule has 0 aromatic carbocycles. The molecule has 0 aliphatic carbocycles. The van der Waals surface area contributed by atoms with Crippen molar-refractivity contribution in [3.63, 3.8) is 0 Å². The van der Waals surface area contributed by atoms with Crippen LogP contribution in [0.3, 0.4) is 0 Å². The number of ether oxygens (including phenoxy) is 1. The Morgan fingerprint density at radius 3 is 2.41 bits per heavy atom. The number of likely N-dealkylation sites (tertiary alicyclic amines) is 1. The Hall–Kier alpha value is -1.26. The van der Waals surface area contributed by atoms with Gasteiger partial charge < -0.3 is 19.5 Å². The zero-order valence-electron chi connectivity index (χ0n) is 10.9. The number of carboxylic acid groups (broad SMARTS) is 1. The fraction of sp³-hybridized carbons (Fsp3) is 0.833. The van der Waals surface area contributed by atoms with Gasteiger partial charge in [0.1, 0.15) is 5.60 Å². The third kappa shape index (κ3) is 3.61. The van der Waals surface area contributed by atoms with E-state index in [0.717, 1.165) is 0 Å². The van der Waals surface area contributed by atoms with Gasteiger partial charge in [-0.25, -0.2) is 4.79 Å². The van der Waals surface area contributed by atoms with Crippen LogP contribution in [0.5, 0.6) is 0 Å². The molecular formula is C12H20NO4-. The summed E-state index contributed by atoms with van der Waals surface area (Å²) in [5.74, 6) is -1.11. The number of hydrogen-bond acceptors (Lipinski definition) is 4. The van der Waals surface area contributed by atoms with Crippen LogP contribution in [-0.4, -0.2) is 35.7 Å². The monoisotopic (exact) mass is 242 g/mol. The Morgan fingerprint density at radius 1 is 1.35 bits per heavy atom. The topological polar surface area (TPSA) is 69.7 Å². The second-order valence-electron chi connectivity index (χ2n) is 5.85. The molecule has 5 nitrogen and oxygen atoms in total. The quantitative estimate of drug-likeness (QED) is 0.681. The van der Waals surface area contributed by atoms with Gasteiger partial charge in [0.15, 0.2) is 0 Å². The van der Waals surface area contributed by atoms with Crippen molar-refractivity contribution in [1.29, 1.82) is 0 Å². The first kappa shape index (κ1) is 13.8. The smallest absolute Gasteiger partial charge is 0.410 e. The second-order valence-corrected chi connectivity index (χ2v) is 5.85. The summed E-state index contributed by atoms with van der Waals surface area (Å²) in [6.45, 7) is 7.66. The van der Waals surface area contributed by atoms with Crippen molar-refractivity contribution in [3.05, 3.63) is 0 Å². The highest BCUT2D eigenvalue weighted by Crippen LogP contribution is 2.29. The minimum Gasteiger partial charge on any atom is -0.549 e. The SMILES string of the molecule is CC(C)(C)OC(=O)N1CCCC(C)(C(=O)[O-])C1. The van der Waals surface area contributed by atoms with Crippen molar-refractivity contribution >= 4 is 12.1 Å². The van der Waals surface area contributed by atoms with Crippen molar-refractivity contribution in [2.24, 2.45) is 5.41 Å². The van der Waals surface area contributed by atoms with Gasteiger partial charge in [-0.1, -0.05) is 6.92 Å². The van der Waals surface area contributed by atoms with E-state index in [9.17, 15) is 14.7 Å². The first-order valence-electron chi connectivity index (χ1n) is 5.83. The summed E-state index contributed by atoms with van der Waals surface area (Å²) in [5.41, 5.74) is -1.53. The van der Waals surface area contributed by atoms with Gasteiger partial charge in [-0.15, -0.1) is 0 Å². The predicted molar refractivity (Wildman–Crippen MR) is 60.2 cm³/mol. The minimum atomic E-state index is -1.11. The van der Waals surface area contributed by atoms with Crippen LogP contribution < -0.4 is 5.11 Å². The highest BCUT2D eigenvalue weighted by Gasteiger charge is 2.35. The van der Waals surface area contributed by atoms with E-state index in [1.54, 1.807) is 27.7 Å². The second kappa shape index (κ2) is 4.55. The first-order valence-corrected chi connectivity index (χ1v) is 5.83. The molecule has 1 aliphatic heterocycles. The highest BCUT2D eigenvalue weighted by molar-refractivity contribution is 5.75. The van der Waals surface area contributed by atoms with Gasteiger partial charge in [0.2, 0.25) is 0 Å². The van der Waals surface area contributed by atoms with Gasteiger partial charge in [-0.05, 0) is 33.6 Å². The van der Waals surface area contributed by atoms with E-state index in [2.05, 4.69) is 0 Å². The summed E-state index contributed by atoms with van der Waals surface area (Å²) in [6.07, 6.45) is 0.739. The molecule has 1 fully saturated rings. The lowest BCUT2D eigenvalue weighted by molar-refractivity contribution is -0.320. The van der Waals surface area contributed by atoms with Gasteiger partial charge >= 0.3 is 6.09 Å². The normalized spacial score (nSPS) is 25.5. The molecule has 17 heavy (non-hydrogen) atoms. The van der Waals surface area contributed by atoms with Crippen molar-refractivity contribution in [2.75, 3.05) is 13.1 Å². The zero-order valence-corrected chi connectivity index (χ0v) is 10.9. The number of amides is 1. The number of carboxylic acids is 1. The molecule has 1 unspecified atom stereocenters. The van der Waals surface area contributed by atoms with Crippen LogP contribution in [-0.2, 0) is 9.53 Å². The van der Waals surface area contributed by atoms with E-state index < -0.39 is 23.1 Å². The molecule has 0 saturated carbocycles. The summed E-state index contributed by atoms with van der Waals surface area (Å²) < 4.78 is 5.22. The molecule has 0 spiro atoms. The molecule has 1 heterocycles. The molecule has 1 saturated heterocycles. The largest absolute Gasteiger partial charge is 0.549 e. The summed E-state index contributed by atoms with van der Waals surface area (Å²) >= 11 is 0. The maximum Gasteiger partial charge on any atom is 0.410 e. The van der Waals surface area contributed by atoms with Crippen LogP contribution in [0.2, 0.25) is 0 Å². The van der Waals surface area contributed by atoms with Crippen molar-refractivity contribution < 1.29 is 19.4 Å². The molecular weight excluding hydrogens is 222 g/mol. The zero-order chi connectivity index (χ0) is 13.3. The van der Waals surface area contributed by atoms with E-state index in [1.807, 2.05) is 0 Å². The summed E-state index contributed by atoms with van der Waals surface area (Å²) in [6, 6.07) is 0. The maximum absolute atomic E-state index is 11.8. The van der Waals surface area contributed by atoms with Crippen LogP contribution in [0.25, 0.3) is 0 Å². The Bertz CT molecular complexity index is 321. The maximum atomic E-state index is 11.8. The number of aliphatic carboxylic acids is 1. The van der Waals surface area contributed by atoms with Gasteiger partial charge in [0.25, 0.3) is 0 Å². The molecule has 1 aliphatic rings. The molecule has 1 rings (SSSR count).